The largest absolute Gasteiger partial charge is 0.310 e. The Hall–Kier alpha value is -5.08. The first-order valence-electron chi connectivity index (χ1n) is 20.4. The van der Waals surface area contributed by atoms with Crippen LogP contribution in [-0.4, -0.2) is 0 Å². The molecule has 0 heterocycles. The molecule has 0 spiro atoms. The Morgan fingerprint density at radius 2 is 0.768 bits per heavy atom. The average Bonchev–Trinajstić information content (AvgIpc) is 3.09. The fourth-order valence-electron chi connectivity index (χ4n) is 8.75. The van der Waals surface area contributed by atoms with Crippen LogP contribution in [0.2, 0.25) is 0 Å². The van der Waals surface area contributed by atoms with Crippen LogP contribution in [0, 0.1) is 66.2 Å². The maximum Gasteiger partial charge on any atom is 0.0520 e. The van der Waals surface area contributed by atoms with Crippen molar-refractivity contribution in [3.8, 4) is 11.1 Å². The second-order valence-electron chi connectivity index (χ2n) is 18.8. The monoisotopic (exact) mass is 741 g/mol. The second kappa shape index (κ2) is 15.8. The van der Waals surface area contributed by atoms with Crippen molar-refractivity contribution >= 4 is 34.1 Å². The molecule has 1 atom stereocenters. The molecule has 6 aromatic rings. The van der Waals surface area contributed by atoms with E-state index in [1.54, 1.807) is 0 Å². The molecule has 0 saturated carbocycles. The molecule has 0 radical (unpaired) electrons. The highest BCUT2D eigenvalue weighted by Gasteiger charge is 2.32. The van der Waals surface area contributed by atoms with Gasteiger partial charge in [-0.25, -0.2) is 0 Å². The van der Waals surface area contributed by atoms with Gasteiger partial charge in [0.2, 0.25) is 0 Å². The Morgan fingerprint density at radius 3 is 1.07 bits per heavy atom. The molecule has 290 valence electrons. The second-order valence-corrected chi connectivity index (χ2v) is 18.8. The molecule has 0 bridgehead atoms. The summed E-state index contributed by atoms with van der Waals surface area (Å²) in [6.07, 6.45) is 1.15. The van der Waals surface area contributed by atoms with Crippen LogP contribution in [-0.2, 0) is 0 Å². The van der Waals surface area contributed by atoms with Crippen molar-refractivity contribution in [1.82, 2.24) is 0 Å². The minimum absolute atomic E-state index is 0.160. The zero-order chi connectivity index (χ0) is 40.7. The lowest BCUT2D eigenvalue weighted by Gasteiger charge is -2.37. The molecule has 0 aliphatic heterocycles. The number of hydrogen-bond acceptors (Lipinski definition) is 2. The molecule has 0 fully saturated rings. The minimum Gasteiger partial charge on any atom is -0.310 e. The third-order valence-corrected chi connectivity index (χ3v) is 11.3. The summed E-state index contributed by atoms with van der Waals surface area (Å²) in [5.41, 5.74) is 21.7. The first kappa shape index (κ1) is 40.6. The molecule has 0 aliphatic carbocycles. The third kappa shape index (κ3) is 8.81. The van der Waals surface area contributed by atoms with Gasteiger partial charge in [0.1, 0.15) is 0 Å². The van der Waals surface area contributed by atoms with E-state index in [0.717, 1.165) is 6.42 Å². The third-order valence-electron chi connectivity index (χ3n) is 11.3. The first-order valence-corrected chi connectivity index (χ1v) is 20.4. The van der Waals surface area contributed by atoms with Gasteiger partial charge in [-0.15, -0.1) is 0 Å². The van der Waals surface area contributed by atoms with Gasteiger partial charge in [-0.2, -0.15) is 0 Å². The van der Waals surface area contributed by atoms with Crippen LogP contribution in [0.5, 0.6) is 0 Å². The van der Waals surface area contributed by atoms with Crippen molar-refractivity contribution in [1.29, 1.82) is 0 Å². The predicted molar refractivity (Wildman–Crippen MR) is 245 cm³/mol. The predicted octanol–water partition coefficient (Wildman–Crippen LogP) is 16.3. The lowest BCUT2D eigenvalue weighted by Crippen LogP contribution is -2.24. The van der Waals surface area contributed by atoms with Crippen molar-refractivity contribution in [2.24, 2.45) is 10.8 Å². The van der Waals surface area contributed by atoms with Gasteiger partial charge in [0.15, 0.2) is 0 Å². The fourth-order valence-corrected chi connectivity index (χ4v) is 8.75. The van der Waals surface area contributed by atoms with Crippen LogP contribution in [0.15, 0.2) is 115 Å². The summed E-state index contributed by atoms with van der Waals surface area (Å²) >= 11 is 0. The van der Waals surface area contributed by atoms with Crippen molar-refractivity contribution in [2.45, 2.75) is 109 Å². The van der Waals surface area contributed by atoms with Gasteiger partial charge in [0, 0.05) is 22.7 Å². The number of rotatable bonds is 9. The van der Waals surface area contributed by atoms with E-state index in [1.807, 2.05) is 0 Å². The quantitative estimate of drug-likeness (QED) is 0.146. The number of nitrogens with zero attached hydrogens (tertiary/aromatic N) is 2. The Kier molecular flexibility index (Phi) is 11.5. The van der Waals surface area contributed by atoms with E-state index in [0.29, 0.717) is 5.92 Å². The molecule has 1 unspecified atom stereocenters. The van der Waals surface area contributed by atoms with Crippen molar-refractivity contribution in [3.05, 3.63) is 165 Å². The summed E-state index contributed by atoms with van der Waals surface area (Å²) in [4.78, 5) is 4.91. The highest BCUT2D eigenvalue weighted by Crippen LogP contribution is 2.47. The SMILES string of the molecule is Cc1cccc(N(c2cccc(C)c2)c2c(C)cc(-c3cc(C)c(N(c4cccc(C)c4)c4ccc(C(CC(C)(C)C)C(C)(C)C)c(C)c4)c(C)c3)cc2C)c1. The van der Waals surface area contributed by atoms with Crippen LogP contribution in [0.1, 0.15) is 104 Å². The molecular formula is C54H64N2. The molecule has 0 saturated heterocycles. The highest BCUT2D eigenvalue weighted by atomic mass is 15.2. The fraction of sp³-hybridized carbons (Fsp3) is 0.333. The normalized spacial score (nSPS) is 12.5. The van der Waals surface area contributed by atoms with Gasteiger partial charge in [0.25, 0.3) is 0 Å². The Morgan fingerprint density at radius 1 is 0.411 bits per heavy atom. The summed E-state index contributed by atoms with van der Waals surface area (Å²) < 4.78 is 0. The minimum atomic E-state index is 0.160. The molecule has 6 rings (SSSR count). The molecule has 0 aromatic heterocycles. The molecular weight excluding hydrogens is 677 g/mol. The Labute approximate surface area is 339 Å². The summed E-state index contributed by atoms with van der Waals surface area (Å²) in [6.45, 7) is 32.2. The van der Waals surface area contributed by atoms with E-state index >= 15 is 0 Å². The molecule has 0 N–H and O–H groups in total. The molecule has 6 aromatic carbocycles. The van der Waals surface area contributed by atoms with Gasteiger partial charge in [-0.3, -0.25) is 0 Å². The van der Waals surface area contributed by atoms with Crippen LogP contribution in [0.3, 0.4) is 0 Å². The van der Waals surface area contributed by atoms with Crippen molar-refractivity contribution < 1.29 is 0 Å². The standard InChI is InChI=1S/C54H64N2/c1-35-18-15-21-45(26-35)55(46-22-16-19-36(2)27-46)51-39(5)29-43(30-40(51)6)44-31-41(7)52(42(8)32-44)56(47-23-17-20-37(3)28-47)48-24-25-49(38(4)33-48)50(54(12,13)14)34-53(9,10)11/h15-33,50H,34H2,1-14H3. The maximum atomic E-state index is 2.48. The van der Waals surface area contributed by atoms with E-state index in [4.69, 9.17) is 0 Å². The number of benzene rings is 6. The summed E-state index contributed by atoms with van der Waals surface area (Å²) in [5.74, 6) is 0.464. The van der Waals surface area contributed by atoms with Crippen LogP contribution < -0.4 is 9.80 Å². The van der Waals surface area contributed by atoms with E-state index in [9.17, 15) is 0 Å². The molecule has 0 amide bonds. The van der Waals surface area contributed by atoms with Crippen molar-refractivity contribution in [3.63, 3.8) is 0 Å². The first-order chi connectivity index (χ1) is 26.3. The van der Waals surface area contributed by atoms with E-state index < -0.39 is 0 Å². The van der Waals surface area contributed by atoms with Gasteiger partial charge in [-0.05, 0) is 213 Å². The lowest BCUT2D eigenvalue weighted by molar-refractivity contribution is 0.228. The number of hydrogen-bond donors (Lipinski definition) is 0. The smallest absolute Gasteiger partial charge is 0.0520 e. The zero-order valence-electron chi connectivity index (χ0n) is 36.6. The van der Waals surface area contributed by atoms with Crippen LogP contribution >= 0.6 is 0 Å². The molecule has 0 aliphatic rings. The summed E-state index contributed by atoms with van der Waals surface area (Å²) in [7, 11) is 0. The highest BCUT2D eigenvalue weighted by molar-refractivity contribution is 5.86. The Bertz CT molecular complexity index is 2270. The topological polar surface area (TPSA) is 6.48 Å². The van der Waals surface area contributed by atoms with Crippen LogP contribution in [0.25, 0.3) is 11.1 Å². The van der Waals surface area contributed by atoms with E-state index in [1.165, 1.54) is 95.3 Å². The molecule has 2 heteroatoms. The van der Waals surface area contributed by atoms with E-state index in [2.05, 4.69) is 222 Å². The average molecular weight is 741 g/mol. The van der Waals surface area contributed by atoms with Gasteiger partial charge in [0.05, 0.1) is 11.4 Å². The molecule has 56 heavy (non-hydrogen) atoms. The Balaban J connectivity index is 1.45. The van der Waals surface area contributed by atoms with Gasteiger partial charge in [-0.1, -0.05) is 84.0 Å². The number of anilines is 6. The summed E-state index contributed by atoms with van der Waals surface area (Å²) in [5, 5.41) is 0. The van der Waals surface area contributed by atoms with Gasteiger partial charge < -0.3 is 9.80 Å². The van der Waals surface area contributed by atoms with E-state index in [-0.39, 0.29) is 10.8 Å². The summed E-state index contributed by atoms with van der Waals surface area (Å²) in [6, 6.07) is 43.3. The van der Waals surface area contributed by atoms with Crippen LogP contribution in [0.4, 0.5) is 34.1 Å². The zero-order valence-corrected chi connectivity index (χ0v) is 36.6. The maximum absolute atomic E-state index is 2.48. The van der Waals surface area contributed by atoms with Gasteiger partial charge >= 0.3 is 0 Å². The lowest BCUT2D eigenvalue weighted by atomic mass is 9.68. The number of aryl methyl sites for hydroxylation is 8. The molecule has 2 nitrogen and oxygen atoms in total. The van der Waals surface area contributed by atoms with Crippen molar-refractivity contribution in [2.75, 3.05) is 9.80 Å².